The number of fused-ring (bicyclic) bond motifs is 1. The second-order valence-electron chi connectivity index (χ2n) is 5.86. The van der Waals surface area contributed by atoms with E-state index in [1.165, 1.54) is 11.3 Å². The predicted molar refractivity (Wildman–Crippen MR) is 117 cm³/mol. The zero-order valence-electron chi connectivity index (χ0n) is 13.9. The smallest absolute Gasteiger partial charge is 0.214 e. The van der Waals surface area contributed by atoms with Gasteiger partial charge in [-0.05, 0) is 52.3 Å². The Bertz CT molecular complexity index is 1290. The molecule has 0 aliphatic heterocycles. The van der Waals surface area contributed by atoms with Crippen LogP contribution in [0.1, 0.15) is 0 Å². The van der Waals surface area contributed by atoms with Gasteiger partial charge in [-0.1, -0.05) is 51.0 Å². The fraction of sp³-hybridized carbons (Fsp3) is 0. The zero-order chi connectivity index (χ0) is 19.3. The second kappa shape index (κ2) is 7.07. The highest BCUT2D eigenvalue weighted by molar-refractivity contribution is 9.10. The Morgan fingerprint density at radius 2 is 1.68 bits per heavy atom. The van der Waals surface area contributed by atoms with Crippen molar-refractivity contribution >= 4 is 59.8 Å². The molecule has 0 fully saturated rings. The Balaban J connectivity index is 1.51. The van der Waals surface area contributed by atoms with Crippen LogP contribution < -0.4 is 0 Å². The van der Waals surface area contributed by atoms with Crippen molar-refractivity contribution in [2.24, 2.45) is 0 Å². The molecule has 0 aliphatic carbocycles. The molecule has 0 saturated heterocycles. The molecule has 0 unspecified atom stereocenters. The van der Waals surface area contributed by atoms with Crippen molar-refractivity contribution < 1.29 is 0 Å². The molecule has 5 rings (SSSR count). The lowest BCUT2D eigenvalue weighted by Crippen LogP contribution is -1.98. The van der Waals surface area contributed by atoms with Crippen LogP contribution in [0.15, 0.2) is 63.8 Å². The Labute approximate surface area is 185 Å². The summed E-state index contributed by atoms with van der Waals surface area (Å²) in [5.74, 6) is 0. The van der Waals surface area contributed by atoms with Crippen molar-refractivity contribution in [1.29, 1.82) is 0 Å². The van der Waals surface area contributed by atoms with Gasteiger partial charge in [0.15, 0.2) is 5.01 Å². The highest BCUT2D eigenvalue weighted by Gasteiger charge is 2.18. The summed E-state index contributed by atoms with van der Waals surface area (Å²) in [6, 6.07) is 15.3. The maximum absolute atomic E-state index is 5.94. The van der Waals surface area contributed by atoms with Gasteiger partial charge in [0.05, 0.1) is 11.9 Å². The summed E-state index contributed by atoms with van der Waals surface area (Å²) in [7, 11) is 0. The fourth-order valence-electron chi connectivity index (χ4n) is 2.68. The summed E-state index contributed by atoms with van der Waals surface area (Å²) >= 11 is 14.5. The van der Waals surface area contributed by atoms with Crippen molar-refractivity contribution in [3.8, 4) is 27.6 Å². The Morgan fingerprint density at radius 3 is 2.39 bits per heavy atom. The summed E-state index contributed by atoms with van der Waals surface area (Å²) in [4.78, 5) is 7.05. The highest BCUT2D eigenvalue weighted by Crippen LogP contribution is 2.33. The molecule has 0 amide bonds. The maximum Gasteiger partial charge on any atom is 0.214 e. The first kappa shape index (κ1) is 18.0. The van der Waals surface area contributed by atoms with E-state index in [1.807, 2.05) is 36.4 Å². The van der Waals surface area contributed by atoms with E-state index in [4.69, 9.17) is 16.6 Å². The number of rotatable bonds is 3. The van der Waals surface area contributed by atoms with E-state index in [0.29, 0.717) is 10.7 Å². The quantitative estimate of drug-likeness (QED) is 0.289. The molecular weight excluding hydrogens is 528 g/mol. The van der Waals surface area contributed by atoms with Crippen LogP contribution in [0.25, 0.3) is 32.6 Å². The van der Waals surface area contributed by atoms with Gasteiger partial charge in [-0.2, -0.15) is 19.5 Å². The monoisotopic (exact) mass is 534 g/mol. The van der Waals surface area contributed by atoms with Crippen molar-refractivity contribution in [1.82, 2.24) is 29.6 Å². The standard InChI is InChI=1S/C18H9Br2ClN6S/c19-11-3-1-10(2-4-11)15-16(20)26-18(23-15)28-17(25-26)14-9-22-27(24-14)13-7-5-12(21)6-8-13/h1-9H. The van der Waals surface area contributed by atoms with Gasteiger partial charge in [0.1, 0.15) is 16.0 Å². The van der Waals surface area contributed by atoms with E-state index in [-0.39, 0.29) is 0 Å². The number of hydrogen-bond donors (Lipinski definition) is 0. The van der Waals surface area contributed by atoms with Gasteiger partial charge >= 0.3 is 0 Å². The van der Waals surface area contributed by atoms with Crippen LogP contribution in [0.3, 0.4) is 0 Å². The SMILES string of the molecule is Clc1ccc(-n2ncc(-c3nn4c(Br)c(-c5ccc(Br)cc5)nc4s3)n2)cc1. The van der Waals surface area contributed by atoms with Gasteiger partial charge in [0.25, 0.3) is 0 Å². The van der Waals surface area contributed by atoms with Gasteiger partial charge in [0, 0.05) is 15.1 Å². The van der Waals surface area contributed by atoms with Gasteiger partial charge in [-0.15, -0.1) is 5.10 Å². The van der Waals surface area contributed by atoms with Crippen molar-refractivity contribution in [2.75, 3.05) is 0 Å². The summed E-state index contributed by atoms with van der Waals surface area (Å²) < 4.78 is 3.61. The average molecular weight is 537 g/mol. The zero-order valence-corrected chi connectivity index (χ0v) is 18.7. The first-order chi connectivity index (χ1) is 13.6. The third-order valence-corrected chi connectivity index (χ3v) is 6.46. The average Bonchev–Trinajstić information content (AvgIpc) is 3.40. The molecular formula is C18H9Br2ClN6S. The number of hydrogen-bond acceptors (Lipinski definition) is 5. The third-order valence-electron chi connectivity index (χ3n) is 4.03. The molecule has 0 N–H and O–H groups in total. The number of nitrogens with zero attached hydrogens (tertiary/aromatic N) is 6. The Morgan fingerprint density at radius 1 is 0.929 bits per heavy atom. The van der Waals surface area contributed by atoms with E-state index >= 15 is 0 Å². The van der Waals surface area contributed by atoms with Crippen molar-refractivity contribution in [3.05, 3.63) is 68.8 Å². The van der Waals surface area contributed by atoms with Gasteiger partial charge in [0.2, 0.25) is 4.96 Å². The molecule has 3 heterocycles. The minimum Gasteiger partial charge on any atom is -0.216 e. The molecule has 10 heteroatoms. The summed E-state index contributed by atoms with van der Waals surface area (Å²) in [5, 5.41) is 14.9. The van der Waals surface area contributed by atoms with Crippen molar-refractivity contribution in [3.63, 3.8) is 0 Å². The predicted octanol–water partition coefficient (Wildman–Crippen LogP) is 5.88. The molecule has 138 valence electrons. The van der Waals surface area contributed by atoms with Gasteiger partial charge < -0.3 is 0 Å². The molecule has 0 aliphatic rings. The van der Waals surface area contributed by atoms with Crippen LogP contribution in [0.5, 0.6) is 0 Å². The molecule has 28 heavy (non-hydrogen) atoms. The Hall–Kier alpha value is -2.07. The van der Waals surface area contributed by atoms with Crippen LogP contribution in [-0.4, -0.2) is 29.6 Å². The van der Waals surface area contributed by atoms with E-state index in [9.17, 15) is 0 Å². The largest absolute Gasteiger partial charge is 0.216 e. The first-order valence-electron chi connectivity index (χ1n) is 8.08. The third kappa shape index (κ3) is 3.18. The molecule has 0 spiro atoms. The van der Waals surface area contributed by atoms with Crippen LogP contribution in [0, 0.1) is 0 Å². The molecule has 2 aromatic carbocycles. The summed E-state index contributed by atoms with van der Waals surface area (Å²) in [6.45, 7) is 0. The van der Waals surface area contributed by atoms with E-state index in [0.717, 1.165) is 36.0 Å². The molecule has 0 saturated carbocycles. The van der Waals surface area contributed by atoms with E-state index in [1.54, 1.807) is 27.6 Å². The topological polar surface area (TPSA) is 60.9 Å². The summed E-state index contributed by atoms with van der Waals surface area (Å²) in [6.07, 6.45) is 1.69. The fourth-order valence-corrected chi connectivity index (χ4v) is 4.60. The summed E-state index contributed by atoms with van der Waals surface area (Å²) in [5.41, 5.74) is 3.38. The van der Waals surface area contributed by atoms with Gasteiger partial charge in [-0.3, -0.25) is 0 Å². The van der Waals surface area contributed by atoms with Crippen LogP contribution >= 0.6 is 54.8 Å². The maximum atomic E-state index is 5.94. The second-order valence-corrected chi connectivity index (χ2v) is 8.91. The molecule has 6 nitrogen and oxygen atoms in total. The molecule has 0 atom stereocenters. The van der Waals surface area contributed by atoms with Crippen molar-refractivity contribution in [2.45, 2.75) is 0 Å². The van der Waals surface area contributed by atoms with E-state index in [2.05, 4.69) is 47.2 Å². The lowest BCUT2D eigenvalue weighted by molar-refractivity contribution is 0.753. The number of aromatic nitrogens is 6. The van der Waals surface area contributed by atoms with E-state index < -0.39 is 0 Å². The van der Waals surface area contributed by atoms with Crippen LogP contribution in [0.2, 0.25) is 5.02 Å². The number of imidazole rings is 1. The minimum absolute atomic E-state index is 0.670. The minimum atomic E-state index is 0.670. The molecule has 0 bridgehead atoms. The van der Waals surface area contributed by atoms with Crippen LogP contribution in [0.4, 0.5) is 0 Å². The first-order valence-corrected chi connectivity index (χ1v) is 10.9. The highest BCUT2D eigenvalue weighted by atomic mass is 79.9. The lowest BCUT2D eigenvalue weighted by atomic mass is 10.2. The van der Waals surface area contributed by atoms with Crippen LogP contribution in [-0.2, 0) is 0 Å². The normalized spacial score (nSPS) is 11.4. The lowest BCUT2D eigenvalue weighted by Gasteiger charge is -1.98. The molecule has 0 radical (unpaired) electrons. The van der Waals surface area contributed by atoms with Gasteiger partial charge in [-0.25, -0.2) is 4.98 Å². The molecule has 3 aromatic heterocycles. The number of halogens is 3. The number of benzene rings is 2. The Kier molecular flexibility index (Phi) is 4.54. The molecule has 5 aromatic rings.